The third kappa shape index (κ3) is 3.37. The first-order valence-electron chi connectivity index (χ1n) is 12.5. The SMILES string of the molecule is CN1C(=O)C2(Cl)CC3C(=CCC4C(=O)N(CCC(=O)O)C(=O)C43)C(C3=COc4ccc(O)cc4C3)C2(Cl)C1=O. The summed E-state index contributed by atoms with van der Waals surface area (Å²) >= 11 is 14.3. The lowest BCUT2D eigenvalue weighted by atomic mass is 9.56. The summed E-state index contributed by atoms with van der Waals surface area (Å²) in [6.07, 6.45) is 3.16. The number of nitrogens with zero attached hydrogens (tertiary/aromatic N) is 2. The van der Waals surface area contributed by atoms with Crippen molar-refractivity contribution in [1.82, 2.24) is 9.80 Å². The molecule has 4 amide bonds. The molecular formula is C27H24Cl2N2O8. The van der Waals surface area contributed by atoms with Gasteiger partial charge in [0.1, 0.15) is 11.5 Å². The van der Waals surface area contributed by atoms with Crippen LogP contribution < -0.4 is 4.74 Å². The Kier molecular flexibility index (Phi) is 5.68. The van der Waals surface area contributed by atoms with Crippen LogP contribution in [0.4, 0.5) is 0 Å². The summed E-state index contributed by atoms with van der Waals surface area (Å²) < 4.78 is 5.84. The number of ether oxygens (including phenoxy) is 1. The average Bonchev–Trinajstić information content (AvgIpc) is 3.21. The van der Waals surface area contributed by atoms with Crippen molar-refractivity contribution in [2.45, 2.75) is 35.4 Å². The number of phenolic OH excluding ortho intramolecular Hbond substituents is 1. The zero-order valence-corrected chi connectivity index (χ0v) is 22.2. The van der Waals surface area contributed by atoms with Crippen molar-refractivity contribution in [3.8, 4) is 11.5 Å². The Morgan fingerprint density at radius 1 is 1.13 bits per heavy atom. The molecule has 3 heterocycles. The number of alkyl halides is 2. The highest BCUT2D eigenvalue weighted by atomic mass is 35.5. The van der Waals surface area contributed by atoms with E-state index in [2.05, 4.69) is 0 Å². The van der Waals surface area contributed by atoms with Gasteiger partial charge >= 0.3 is 5.97 Å². The number of carboxylic acid groups (broad SMARTS) is 1. The quantitative estimate of drug-likeness (QED) is 0.316. The number of fused-ring (bicyclic) bond motifs is 5. The Labute approximate surface area is 232 Å². The molecule has 0 spiro atoms. The number of likely N-dealkylation sites (tertiary alicyclic amines) is 2. The van der Waals surface area contributed by atoms with E-state index in [4.69, 9.17) is 33.0 Å². The van der Waals surface area contributed by atoms with E-state index in [0.717, 1.165) is 9.80 Å². The van der Waals surface area contributed by atoms with Crippen molar-refractivity contribution in [3.05, 3.63) is 47.2 Å². The Hall–Kier alpha value is -3.37. The van der Waals surface area contributed by atoms with Crippen molar-refractivity contribution < 1.29 is 38.9 Å². The van der Waals surface area contributed by atoms with Crippen molar-refractivity contribution in [1.29, 1.82) is 0 Å². The standard InChI is InChI=1S/C27H24Cl2N2O8/c1-30-24(37)26(28)10-17-15(3-4-16-20(17)23(36)31(22(16)35)7-6-19(33)34)21(27(26,29)25(30)38)13-8-12-9-14(32)2-5-18(12)39-11-13/h2-3,5,9,11,16-17,20-21,32H,4,6-8,10H2,1H3,(H,33,34). The van der Waals surface area contributed by atoms with E-state index in [1.165, 1.54) is 25.4 Å². The zero-order chi connectivity index (χ0) is 28.0. The molecule has 0 aromatic heterocycles. The van der Waals surface area contributed by atoms with Crippen LogP contribution in [-0.2, 0) is 30.4 Å². The van der Waals surface area contributed by atoms with Crippen molar-refractivity contribution in [2.75, 3.05) is 13.6 Å². The van der Waals surface area contributed by atoms with Crippen LogP contribution >= 0.6 is 23.2 Å². The van der Waals surface area contributed by atoms with E-state index >= 15 is 0 Å². The Bertz CT molecular complexity index is 1440. The molecule has 3 fully saturated rings. The summed E-state index contributed by atoms with van der Waals surface area (Å²) in [6.45, 7) is -0.254. The third-order valence-electron chi connectivity index (χ3n) is 8.80. The monoisotopic (exact) mass is 574 g/mol. The highest BCUT2D eigenvalue weighted by Crippen LogP contribution is 2.64. The lowest BCUT2D eigenvalue weighted by Gasteiger charge is -2.51. The van der Waals surface area contributed by atoms with Crippen LogP contribution in [0.2, 0.25) is 0 Å². The van der Waals surface area contributed by atoms with Crippen LogP contribution in [0, 0.1) is 23.7 Å². The summed E-state index contributed by atoms with van der Waals surface area (Å²) in [4.78, 5) is 63.0. The number of aliphatic carboxylic acids is 1. The molecule has 2 aliphatic carbocycles. The number of benzene rings is 1. The van der Waals surface area contributed by atoms with Gasteiger partial charge in [-0.05, 0) is 42.5 Å². The predicted molar refractivity (Wildman–Crippen MR) is 136 cm³/mol. The first-order valence-corrected chi connectivity index (χ1v) is 13.3. The lowest BCUT2D eigenvalue weighted by Crippen LogP contribution is -2.61. The highest BCUT2D eigenvalue weighted by molar-refractivity contribution is 6.53. The number of allylic oxidation sites excluding steroid dienone is 3. The highest BCUT2D eigenvalue weighted by Gasteiger charge is 2.76. The molecule has 1 aromatic rings. The maximum Gasteiger partial charge on any atom is 0.305 e. The smallest absolute Gasteiger partial charge is 0.305 e. The van der Waals surface area contributed by atoms with Gasteiger partial charge in [-0.15, -0.1) is 23.2 Å². The summed E-state index contributed by atoms with van der Waals surface area (Å²) in [5.74, 6) is -6.18. The van der Waals surface area contributed by atoms with Gasteiger partial charge in [0.25, 0.3) is 11.8 Å². The van der Waals surface area contributed by atoms with Gasteiger partial charge < -0.3 is 14.9 Å². The Balaban J connectivity index is 1.47. The number of imide groups is 2. The van der Waals surface area contributed by atoms with Crippen LogP contribution in [0.25, 0.3) is 0 Å². The van der Waals surface area contributed by atoms with Crippen LogP contribution in [0.1, 0.15) is 24.8 Å². The number of carbonyl (C=O) groups is 5. The van der Waals surface area contributed by atoms with E-state index in [1.807, 2.05) is 0 Å². The van der Waals surface area contributed by atoms with Gasteiger partial charge in [-0.25, -0.2) is 0 Å². The summed E-state index contributed by atoms with van der Waals surface area (Å²) in [7, 11) is 1.31. The maximum absolute atomic E-state index is 13.6. The summed E-state index contributed by atoms with van der Waals surface area (Å²) in [5.41, 5.74) is 1.80. The first-order chi connectivity index (χ1) is 18.4. The molecule has 6 unspecified atom stereocenters. The minimum absolute atomic E-state index is 0.0236. The van der Waals surface area contributed by atoms with Gasteiger partial charge in [-0.2, -0.15) is 0 Å². The third-order valence-corrected chi connectivity index (χ3v) is 10.2. The van der Waals surface area contributed by atoms with Crippen molar-refractivity contribution >= 4 is 52.8 Å². The Morgan fingerprint density at radius 3 is 2.59 bits per heavy atom. The number of halogens is 2. The molecule has 0 radical (unpaired) electrons. The second-order valence-electron chi connectivity index (χ2n) is 10.7. The molecule has 12 heteroatoms. The number of phenols is 1. The average molecular weight is 575 g/mol. The number of rotatable bonds is 4. The second-order valence-corrected chi connectivity index (χ2v) is 12.0. The molecule has 6 atom stereocenters. The molecule has 2 saturated heterocycles. The number of aromatic hydroxyl groups is 1. The largest absolute Gasteiger partial charge is 0.508 e. The van der Waals surface area contributed by atoms with Crippen LogP contribution in [0.3, 0.4) is 0 Å². The van der Waals surface area contributed by atoms with Gasteiger partial charge in [-0.1, -0.05) is 11.6 Å². The second kappa shape index (κ2) is 8.56. The van der Waals surface area contributed by atoms with E-state index in [-0.39, 0.29) is 38.0 Å². The molecule has 5 aliphatic rings. The van der Waals surface area contributed by atoms with E-state index < -0.39 is 63.0 Å². The minimum atomic E-state index is -1.92. The zero-order valence-electron chi connectivity index (χ0n) is 20.7. The molecule has 10 nitrogen and oxygen atoms in total. The van der Waals surface area contributed by atoms with E-state index in [1.54, 1.807) is 12.1 Å². The van der Waals surface area contributed by atoms with Gasteiger partial charge in [-0.3, -0.25) is 33.8 Å². The predicted octanol–water partition coefficient (Wildman–Crippen LogP) is 2.21. The molecule has 1 aromatic carbocycles. The van der Waals surface area contributed by atoms with Crippen molar-refractivity contribution in [2.24, 2.45) is 23.7 Å². The van der Waals surface area contributed by atoms with Gasteiger partial charge in [0.05, 0.1) is 24.5 Å². The number of carbonyl (C=O) groups excluding carboxylic acids is 4. The van der Waals surface area contributed by atoms with E-state index in [0.29, 0.717) is 22.5 Å². The maximum atomic E-state index is 13.6. The number of carboxylic acids is 1. The topological polar surface area (TPSA) is 142 Å². The molecular weight excluding hydrogens is 551 g/mol. The fraction of sp³-hybridized carbons (Fsp3) is 0.444. The summed E-state index contributed by atoms with van der Waals surface area (Å²) in [5, 5.41) is 19.1. The van der Waals surface area contributed by atoms with Crippen LogP contribution in [0.5, 0.6) is 11.5 Å². The number of hydrogen-bond donors (Lipinski definition) is 2. The molecule has 39 heavy (non-hydrogen) atoms. The molecule has 2 N–H and O–H groups in total. The molecule has 3 aliphatic heterocycles. The lowest BCUT2D eigenvalue weighted by molar-refractivity contribution is -0.143. The molecule has 1 saturated carbocycles. The van der Waals surface area contributed by atoms with Crippen LogP contribution in [-0.4, -0.2) is 73.0 Å². The molecule has 204 valence electrons. The Morgan fingerprint density at radius 2 is 1.87 bits per heavy atom. The molecule has 6 rings (SSSR count). The van der Waals surface area contributed by atoms with Crippen molar-refractivity contribution in [3.63, 3.8) is 0 Å². The fourth-order valence-electron chi connectivity index (χ4n) is 7.05. The van der Waals surface area contributed by atoms with Crippen LogP contribution in [0.15, 0.2) is 41.7 Å². The van der Waals surface area contributed by atoms with E-state index in [9.17, 15) is 29.1 Å². The van der Waals surface area contributed by atoms with Gasteiger partial charge in [0.2, 0.25) is 11.8 Å². The van der Waals surface area contributed by atoms with Gasteiger partial charge in [0, 0.05) is 31.5 Å². The molecule has 0 bridgehead atoms. The fourth-order valence-corrected chi connectivity index (χ4v) is 8.08. The number of amides is 4. The first kappa shape index (κ1) is 25.9. The summed E-state index contributed by atoms with van der Waals surface area (Å²) in [6, 6.07) is 4.63. The van der Waals surface area contributed by atoms with Gasteiger partial charge in [0.15, 0.2) is 9.75 Å². The minimum Gasteiger partial charge on any atom is -0.508 e. The normalized spacial score (nSPS) is 35.1. The number of hydrogen-bond acceptors (Lipinski definition) is 7.